The largest absolute Gasteiger partial charge is 0.528 e. The molecule has 13 heteroatoms. The summed E-state index contributed by atoms with van der Waals surface area (Å²) in [7, 11) is 0. The Balaban J connectivity index is 1.36. The van der Waals surface area contributed by atoms with Gasteiger partial charge in [-0.2, -0.15) is 4.98 Å². The van der Waals surface area contributed by atoms with Crippen molar-refractivity contribution in [2.45, 2.75) is 78.6 Å². The molecule has 12 nitrogen and oxygen atoms in total. The van der Waals surface area contributed by atoms with Crippen LogP contribution < -0.4 is 15.0 Å². The van der Waals surface area contributed by atoms with E-state index in [1.807, 2.05) is 26.0 Å². The minimum absolute atomic E-state index is 0.0896. The van der Waals surface area contributed by atoms with Gasteiger partial charge in [0.05, 0.1) is 19.0 Å². The molecule has 268 valence electrons. The second-order valence-electron chi connectivity index (χ2n) is 13.3. The first-order valence-electron chi connectivity index (χ1n) is 16.6. The summed E-state index contributed by atoms with van der Waals surface area (Å²) in [5.74, 6) is -1.14. The highest BCUT2D eigenvalue weighted by atomic mass is 19.1. The number of aryl methyl sites for hydroxylation is 1. The molecule has 5 rings (SSSR count). The number of hydrogen-bond donors (Lipinski definition) is 2. The van der Waals surface area contributed by atoms with Gasteiger partial charge in [-0.3, -0.25) is 4.79 Å². The maximum atomic E-state index is 13.7. The number of rotatable bonds is 11. The molecule has 0 aliphatic carbocycles. The molecular weight excluding hydrogens is 657 g/mol. The van der Waals surface area contributed by atoms with Gasteiger partial charge in [-0.15, -0.1) is 5.06 Å². The Morgan fingerprint density at radius 3 is 2.41 bits per heavy atom. The van der Waals surface area contributed by atoms with Crippen LogP contribution in [0.25, 0.3) is 0 Å². The Bertz CT molecular complexity index is 1880. The number of fused-ring (bicyclic) bond motifs is 1. The molecule has 2 atom stereocenters. The molecule has 51 heavy (non-hydrogen) atoms. The number of benzene rings is 3. The van der Waals surface area contributed by atoms with Crippen LogP contribution in [0.5, 0.6) is 5.75 Å². The molecule has 0 fully saturated rings. The summed E-state index contributed by atoms with van der Waals surface area (Å²) < 4.78 is 24.5. The second kappa shape index (κ2) is 15.5. The zero-order valence-electron chi connectivity index (χ0n) is 29.5. The molecule has 0 saturated heterocycles. The minimum Gasteiger partial charge on any atom is -0.481 e. The van der Waals surface area contributed by atoms with Crippen LogP contribution in [0, 0.1) is 19.7 Å². The highest BCUT2D eigenvalue weighted by Crippen LogP contribution is 2.37. The lowest BCUT2D eigenvalue weighted by Crippen LogP contribution is -2.46. The summed E-state index contributed by atoms with van der Waals surface area (Å²) in [6.07, 6.45) is -1.17. The second-order valence-corrected chi connectivity index (χ2v) is 13.3. The fourth-order valence-corrected chi connectivity index (χ4v) is 5.76. The Morgan fingerprint density at radius 1 is 1.04 bits per heavy atom. The number of carbonyl (C=O) groups is 3. The van der Waals surface area contributed by atoms with Crippen LogP contribution in [-0.2, 0) is 32.1 Å². The summed E-state index contributed by atoms with van der Waals surface area (Å²) in [6, 6.07) is 18.6. The van der Waals surface area contributed by atoms with Gasteiger partial charge in [-0.05, 0) is 101 Å². The normalized spacial score (nSPS) is 14.7. The van der Waals surface area contributed by atoms with Gasteiger partial charge in [0.2, 0.25) is 5.95 Å². The summed E-state index contributed by atoms with van der Waals surface area (Å²) in [5.41, 5.74) is 4.14. The molecule has 0 saturated carbocycles. The van der Waals surface area contributed by atoms with E-state index in [4.69, 9.17) is 19.3 Å². The molecule has 2 N–H and O–H groups in total. The molecule has 0 radical (unpaired) electrons. The van der Waals surface area contributed by atoms with Gasteiger partial charge in [0.1, 0.15) is 23.0 Å². The van der Waals surface area contributed by atoms with E-state index < -0.39 is 36.2 Å². The number of nitrogens with zero attached hydrogens (tertiary/aromatic N) is 4. The quantitative estimate of drug-likeness (QED) is 0.0927. The number of esters is 1. The third kappa shape index (κ3) is 9.57. The predicted molar refractivity (Wildman–Crippen MR) is 188 cm³/mol. The molecule has 1 unspecified atom stereocenters. The number of nitrogens with one attached hydrogen (secondary N) is 1. The van der Waals surface area contributed by atoms with Crippen molar-refractivity contribution in [2.24, 2.45) is 0 Å². The number of hydrogen-bond acceptors (Lipinski definition) is 11. The van der Waals surface area contributed by atoms with Crippen LogP contribution in [-0.4, -0.2) is 56.4 Å². The first-order chi connectivity index (χ1) is 24.2. The first-order valence-corrected chi connectivity index (χ1v) is 16.6. The lowest BCUT2D eigenvalue weighted by molar-refractivity contribution is -0.190. The summed E-state index contributed by atoms with van der Waals surface area (Å²) in [6.45, 7) is 11.4. The molecule has 4 aromatic rings. The Morgan fingerprint density at radius 2 is 1.75 bits per heavy atom. The maximum absolute atomic E-state index is 13.7. The molecule has 0 spiro atoms. The van der Waals surface area contributed by atoms with E-state index >= 15 is 0 Å². The summed E-state index contributed by atoms with van der Waals surface area (Å²) >= 11 is 0. The van der Waals surface area contributed by atoms with E-state index in [-0.39, 0.29) is 24.2 Å². The van der Waals surface area contributed by atoms with Gasteiger partial charge < -0.3 is 29.6 Å². The Hall–Kier alpha value is -5.56. The topological polar surface area (TPSA) is 143 Å². The summed E-state index contributed by atoms with van der Waals surface area (Å²) in [4.78, 5) is 55.3. The van der Waals surface area contributed by atoms with Gasteiger partial charge >= 0.3 is 18.1 Å². The van der Waals surface area contributed by atoms with E-state index in [9.17, 15) is 23.9 Å². The van der Waals surface area contributed by atoms with Crippen LogP contribution in [0.1, 0.15) is 68.1 Å². The smallest absolute Gasteiger partial charge is 0.481 e. The van der Waals surface area contributed by atoms with Crippen molar-refractivity contribution in [1.82, 2.24) is 15.0 Å². The number of carboxylic acid groups (broad SMARTS) is 1. The molecule has 0 amide bonds. The molecule has 2 heterocycles. The fraction of sp³-hybridized carbons (Fsp3) is 0.342. The van der Waals surface area contributed by atoms with E-state index in [0.717, 1.165) is 33.3 Å². The van der Waals surface area contributed by atoms with E-state index in [2.05, 4.69) is 22.1 Å². The third-order valence-electron chi connectivity index (χ3n) is 8.36. The van der Waals surface area contributed by atoms with Crippen molar-refractivity contribution in [2.75, 3.05) is 16.8 Å². The molecule has 3 aromatic carbocycles. The van der Waals surface area contributed by atoms with Gasteiger partial charge in [0, 0.05) is 23.5 Å². The maximum Gasteiger partial charge on any atom is 0.528 e. The van der Waals surface area contributed by atoms with Crippen molar-refractivity contribution in [3.05, 3.63) is 107 Å². The predicted octanol–water partition coefficient (Wildman–Crippen LogP) is 7.22. The average Bonchev–Trinajstić information content (AvgIpc) is 3.06. The lowest BCUT2D eigenvalue weighted by atomic mass is 9.93. The number of halogens is 1. The van der Waals surface area contributed by atoms with Crippen molar-refractivity contribution in [3.63, 3.8) is 0 Å². The molecule has 1 aliphatic rings. The van der Waals surface area contributed by atoms with E-state index in [0.29, 0.717) is 30.2 Å². The van der Waals surface area contributed by atoms with Gasteiger partial charge in [-0.1, -0.05) is 36.4 Å². The van der Waals surface area contributed by atoms with Crippen LogP contribution >= 0.6 is 0 Å². The molecule has 1 aromatic heterocycles. The number of ether oxygens (including phenoxy) is 2. The number of hydroxylamine groups is 2. The number of anilines is 3. The average molecular weight is 700 g/mol. The zero-order chi connectivity index (χ0) is 36.9. The zero-order valence-corrected chi connectivity index (χ0v) is 29.5. The lowest BCUT2D eigenvalue weighted by Gasteiger charge is -2.37. The van der Waals surface area contributed by atoms with Crippen LogP contribution in [0.4, 0.5) is 26.6 Å². The molecular formula is C38H42FN5O7. The van der Waals surface area contributed by atoms with Gasteiger partial charge in [-0.25, -0.2) is 19.0 Å². The van der Waals surface area contributed by atoms with Crippen molar-refractivity contribution >= 4 is 35.5 Å². The highest BCUT2D eigenvalue weighted by molar-refractivity contribution is 5.83. The van der Waals surface area contributed by atoms with Crippen molar-refractivity contribution < 1.29 is 38.2 Å². The van der Waals surface area contributed by atoms with Gasteiger partial charge in [0.15, 0.2) is 6.04 Å². The summed E-state index contributed by atoms with van der Waals surface area (Å²) in [5, 5.41) is 13.9. The number of carboxylic acids is 1. The van der Waals surface area contributed by atoms with Gasteiger partial charge in [0.25, 0.3) is 0 Å². The SMILES string of the molecule is Cc1nc(Nc2ccc(F)cc2)nc(N2CCc3cc(OC(=O)[C@H](CC(=O)O)N(Cc4ccccc4)OC(=O)OC(C)(C)C)ccc3C2C)c1C. The van der Waals surface area contributed by atoms with E-state index in [1.54, 1.807) is 69.3 Å². The monoisotopic (exact) mass is 699 g/mol. The van der Waals surface area contributed by atoms with Crippen molar-refractivity contribution in [1.29, 1.82) is 0 Å². The number of carbonyl (C=O) groups excluding carboxylic acids is 2. The van der Waals surface area contributed by atoms with E-state index in [1.165, 1.54) is 12.1 Å². The first kappa shape index (κ1) is 36.7. The number of aromatic nitrogens is 2. The third-order valence-corrected chi connectivity index (χ3v) is 8.36. The minimum atomic E-state index is -1.48. The van der Waals surface area contributed by atoms with Crippen LogP contribution in [0.2, 0.25) is 0 Å². The van der Waals surface area contributed by atoms with Crippen LogP contribution in [0.15, 0.2) is 72.8 Å². The van der Waals surface area contributed by atoms with Crippen LogP contribution in [0.3, 0.4) is 0 Å². The standard InChI is InChI=1S/C38H42FN5O7/c1-23-24(2)40-36(41-29-14-12-28(39)13-15-29)42-34(23)43-19-18-27-20-30(16-17-31(27)25(43)3)49-35(47)32(21-33(45)46)44(22-26-10-8-7-9-11-26)51-37(48)50-38(4,5)6/h7-17,20,25,32H,18-19,21-22H2,1-6H3,(H,45,46)(H,40,41,42)/t25?,32-/m0/s1. The van der Waals surface area contributed by atoms with Crippen molar-refractivity contribution in [3.8, 4) is 5.75 Å². The molecule has 0 bridgehead atoms. The Kier molecular flexibility index (Phi) is 11.2. The fourth-order valence-electron chi connectivity index (χ4n) is 5.76. The molecule has 1 aliphatic heterocycles. The highest BCUT2D eigenvalue weighted by Gasteiger charge is 2.35. The Labute approximate surface area is 296 Å². The number of aliphatic carboxylic acids is 1.